The summed E-state index contributed by atoms with van der Waals surface area (Å²) >= 11 is 0. The Morgan fingerprint density at radius 3 is 3.00 bits per heavy atom. The molecule has 0 radical (unpaired) electrons. The molecule has 0 saturated carbocycles. The van der Waals surface area contributed by atoms with Gasteiger partial charge in [-0.2, -0.15) is 0 Å². The maximum absolute atomic E-state index is 12.4. The van der Waals surface area contributed by atoms with Gasteiger partial charge < -0.3 is 9.88 Å². The van der Waals surface area contributed by atoms with E-state index in [-0.39, 0.29) is 16.9 Å². The van der Waals surface area contributed by atoms with Crippen molar-refractivity contribution >= 4 is 5.91 Å². The SMILES string of the molecule is Cc1cc(=O)c(C(=O)N2CCN3CCCC3C2)c[nH]1. The van der Waals surface area contributed by atoms with E-state index in [1.165, 1.54) is 12.5 Å². The number of nitrogens with zero attached hydrogens (tertiary/aromatic N) is 2. The lowest BCUT2D eigenvalue weighted by atomic mass is 10.1. The number of pyridine rings is 1. The molecular weight excluding hydrogens is 242 g/mol. The summed E-state index contributed by atoms with van der Waals surface area (Å²) in [5, 5.41) is 0. The highest BCUT2D eigenvalue weighted by atomic mass is 16.2. The second-order valence-electron chi connectivity index (χ2n) is 5.48. The summed E-state index contributed by atoms with van der Waals surface area (Å²) in [4.78, 5) is 31.5. The van der Waals surface area contributed by atoms with Crippen LogP contribution in [-0.2, 0) is 0 Å². The molecule has 5 heteroatoms. The number of fused-ring (bicyclic) bond motifs is 1. The van der Waals surface area contributed by atoms with Gasteiger partial charge in [-0.25, -0.2) is 0 Å². The van der Waals surface area contributed by atoms with Crippen molar-refractivity contribution < 1.29 is 4.79 Å². The lowest BCUT2D eigenvalue weighted by molar-refractivity contribution is 0.0569. The molecule has 0 aliphatic carbocycles. The number of hydrogen-bond acceptors (Lipinski definition) is 3. The van der Waals surface area contributed by atoms with E-state index in [9.17, 15) is 9.59 Å². The Balaban J connectivity index is 1.78. The Hall–Kier alpha value is -1.62. The van der Waals surface area contributed by atoms with Crippen LogP contribution in [0.2, 0.25) is 0 Å². The molecule has 1 atom stereocenters. The predicted molar refractivity (Wildman–Crippen MR) is 72.3 cm³/mol. The Morgan fingerprint density at radius 1 is 1.37 bits per heavy atom. The number of aromatic amines is 1. The van der Waals surface area contributed by atoms with Crippen LogP contribution in [0.4, 0.5) is 0 Å². The largest absolute Gasteiger partial charge is 0.364 e. The van der Waals surface area contributed by atoms with Crippen LogP contribution < -0.4 is 5.43 Å². The molecule has 2 fully saturated rings. The molecule has 0 bridgehead atoms. The molecule has 1 N–H and O–H groups in total. The molecule has 0 aromatic carbocycles. The molecule has 102 valence electrons. The number of aryl methyl sites for hydroxylation is 1. The zero-order valence-corrected chi connectivity index (χ0v) is 11.2. The lowest BCUT2D eigenvalue weighted by Gasteiger charge is -2.37. The van der Waals surface area contributed by atoms with Gasteiger partial charge in [0.1, 0.15) is 5.56 Å². The van der Waals surface area contributed by atoms with Crippen LogP contribution >= 0.6 is 0 Å². The van der Waals surface area contributed by atoms with Crippen LogP contribution in [0.15, 0.2) is 17.1 Å². The molecule has 2 aliphatic rings. The minimum Gasteiger partial charge on any atom is -0.364 e. The van der Waals surface area contributed by atoms with Crippen molar-refractivity contribution in [2.45, 2.75) is 25.8 Å². The first-order chi connectivity index (χ1) is 9.15. The van der Waals surface area contributed by atoms with Gasteiger partial charge in [0.2, 0.25) is 0 Å². The molecule has 3 rings (SSSR count). The molecule has 1 aromatic rings. The molecule has 2 saturated heterocycles. The molecule has 0 spiro atoms. The quantitative estimate of drug-likeness (QED) is 0.805. The fourth-order valence-corrected chi connectivity index (χ4v) is 3.09. The van der Waals surface area contributed by atoms with E-state index in [1.54, 1.807) is 6.20 Å². The third-order valence-corrected chi connectivity index (χ3v) is 4.16. The van der Waals surface area contributed by atoms with E-state index in [0.717, 1.165) is 38.3 Å². The average molecular weight is 261 g/mol. The Kier molecular flexibility index (Phi) is 3.14. The molecular formula is C14H19N3O2. The van der Waals surface area contributed by atoms with E-state index < -0.39 is 0 Å². The van der Waals surface area contributed by atoms with Gasteiger partial charge in [-0.15, -0.1) is 0 Å². The van der Waals surface area contributed by atoms with Crippen molar-refractivity contribution in [1.82, 2.24) is 14.8 Å². The van der Waals surface area contributed by atoms with Crippen LogP contribution in [0.3, 0.4) is 0 Å². The Bertz CT molecular complexity index is 552. The molecule has 3 heterocycles. The second-order valence-corrected chi connectivity index (χ2v) is 5.48. The zero-order valence-electron chi connectivity index (χ0n) is 11.2. The van der Waals surface area contributed by atoms with Crippen LogP contribution in [-0.4, -0.2) is 52.9 Å². The summed E-state index contributed by atoms with van der Waals surface area (Å²) in [5.74, 6) is -0.132. The number of amides is 1. The van der Waals surface area contributed by atoms with E-state index in [0.29, 0.717) is 6.04 Å². The molecule has 2 aliphatic heterocycles. The summed E-state index contributed by atoms with van der Waals surface area (Å²) in [7, 11) is 0. The first-order valence-electron chi connectivity index (χ1n) is 6.88. The number of aromatic nitrogens is 1. The summed E-state index contributed by atoms with van der Waals surface area (Å²) in [6.45, 7) is 5.37. The van der Waals surface area contributed by atoms with Crippen molar-refractivity contribution in [2.24, 2.45) is 0 Å². The van der Waals surface area contributed by atoms with Gasteiger partial charge in [0, 0.05) is 43.6 Å². The van der Waals surface area contributed by atoms with Crippen molar-refractivity contribution in [3.63, 3.8) is 0 Å². The lowest BCUT2D eigenvalue weighted by Crippen LogP contribution is -2.52. The van der Waals surface area contributed by atoms with Crippen LogP contribution in [0.25, 0.3) is 0 Å². The zero-order chi connectivity index (χ0) is 13.4. The van der Waals surface area contributed by atoms with Crippen LogP contribution in [0.5, 0.6) is 0 Å². The normalized spacial score (nSPS) is 23.4. The number of carbonyl (C=O) groups is 1. The van der Waals surface area contributed by atoms with Gasteiger partial charge >= 0.3 is 0 Å². The van der Waals surface area contributed by atoms with Gasteiger partial charge in [-0.1, -0.05) is 0 Å². The minimum atomic E-state index is -0.185. The number of hydrogen-bond donors (Lipinski definition) is 1. The predicted octanol–water partition coefficient (Wildman–Crippen LogP) is 0.604. The molecule has 1 amide bonds. The first-order valence-corrected chi connectivity index (χ1v) is 6.88. The highest BCUT2D eigenvalue weighted by Crippen LogP contribution is 2.22. The maximum atomic E-state index is 12.4. The van der Waals surface area contributed by atoms with Crippen LogP contribution in [0.1, 0.15) is 28.9 Å². The van der Waals surface area contributed by atoms with E-state index in [1.807, 2.05) is 11.8 Å². The number of piperazine rings is 1. The Labute approximate surface area is 112 Å². The monoisotopic (exact) mass is 261 g/mol. The van der Waals surface area contributed by atoms with E-state index in [4.69, 9.17) is 0 Å². The fourth-order valence-electron chi connectivity index (χ4n) is 3.09. The van der Waals surface area contributed by atoms with Gasteiger partial charge in [0.25, 0.3) is 5.91 Å². The number of carbonyl (C=O) groups excluding carboxylic acids is 1. The number of nitrogens with one attached hydrogen (secondary N) is 1. The highest BCUT2D eigenvalue weighted by molar-refractivity contribution is 5.93. The maximum Gasteiger partial charge on any atom is 0.259 e. The van der Waals surface area contributed by atoms with E-state index in [2.05, 4.69) is 9.88 Å². The smallest absolute Gasteiger partial charge is 0.259 e. The third-order valence-electron chi connectivity index (χ3n) is 4.16. The number of rotatable bonds is 1. The van der Waals surface area contributed by atoms with Crippen LogP contribution in [0, 0.1) is 6.92 Å². The van der Waals surface area contributed by atoms with Crippen molar-refractivity contribution in [3.05, 3.63) is 33.7 Å². The standard InChI is InChI=1S/C14H19N3O2/c1-10-7-13(18)12(8-15-10)14(19)17-6-5-16-4-2-3-11(16)9-17/h7-8,11H,2-6,9H2,1H3,(H,15,18). The molecule has 5 nitrogen and oxygen atoms in total. The van der Waals surface area contributed by atoms with E-state index >= 15 is 0 Å². The van der Waals surface area contributed by atoms with Gasteiger partial charge in [-0.05, 0) is 26.3 Å². The second kappa shape index (κ2) is 4.81. The highest BCUT2D eigenvalue weighted by Gasteiger charge is 2.33. The molecule has 1 unspecified atom stereocenters. The number of H-pyrrole nitrogens is 1. The van der Waals surface area contributed by atoms with Crippen molar-refractivity contribution in [3.8, 4) is 0 Å². The van der Waals surface area contributed by atoms with Crippen molar-refractivity contribution in [2.75, 3.05) is 26.2 Å². The molecule has 1 aromatic heterocycles. The summed E-state index contributed by atoms with van der Waals surface area (Å²) in [6.07, 6.45) is 3.92. The van der Waals surface area contributed by atoms with Gasteiger partial charge in [0.15, 0.2) is 5.43 Å². The fraction of sp³-hybridized carbons (Fsp3) is 0.571. The summed E-state index contributed by atoms with van der Waals surface area (Å²) < 4.78 is 0. The third kappa shape index (κ3) is 2.30. The minimum absolute atomic E-state index is 0.132. The van der Waals surface area contributed by atoms with Gasteiger partial charge in [0.05, 0.1) is 0 Å². The van der Waals surface area contributed by atoms with Crippen molar-refractivity contribution in [1.29, 1.82) is 0 Å². The Morgan fingerprint density at radius 2 is 2.21 bits per heavy atom. The van der Waals surface area contributed by atoms with Gasteiger partial charge in [-0.3, -0.25) is 14.5 Å². The summed E-state index contributed by atoms with van der Waals surface area (Å²) in [6, 6.07) is 1.97. The first kappa shape index (κ1) is 12.4. The topological polar surface area (TPSA) is 56.4 Å². The summed E-state index contributed by atoms with van der Waals surface area (Å²) in [5.41, 5.74) is 0.856. The molecule has 19 heavy (non-hydrogen) atoms. The average Bonchev–Trinajstić information content (AvgIpc) is 2.85.